The van der Waals surface area contributed by atoms with Crippen LogP contribution < -0.4 is 5.32 Å². The Balaban J connectivity index is 1.37. The largest absolute Gasteiger partial charge is 0.467 e. The van der Waals surface area contributed by atoms with Gasteiger partial charge in [-0.1, -0.05) is 82.3 Å². The van der Waals surface area contributed by atoms with Gasteiger partial charge in [0.25, 0.3) is 11.8 Å². The molecule has 6 heteroatoms. The molecule has 1 aliphatic rings. The summed E-state index contributed by atoms with van der Waals surface area (Å²) in [6, 6.07) is 20.5. The van der Waals surface area contributed by atoms with E-state index in [4.69, 9.17) is 4.74 Å². The van der Waals surface area contributed by atoms with Crippen molar-refractivity contribution in [2.75, 3.05) is 12.4 Å². The first-order chi connectivity index (χ1) is 19.9. The minimum atomic E-state index is -0.613. The molecule has 0 saturated carbocycles. The van der Waals surface area contributed by atoms with Gasteiger partial charge in [0, 0.05) is 16.8 Å². The fourth-order valence-electron chi connectivity index (χ4n) is 5.66. The fraction of sp³-hybridized carbons (Fsp3) is 0.400. The molecule has 3 aromatic carbocycles. The van der Waals surface area contributed by atoms with Gasteiger partial charge < -0.3 is 15.0 Å². The SMILES string of the molecule is CCCCCCCCc1ccc(C(=O)Nc2ccc(-c3ccc4c(c3)C(=O)N([C@@H](CC)C(=O)OC)[C@H]4C)cc2)cc1. The lowest BCUT2D eigenvalue weighted by Gasteiger charge is -2.29. The number of benzene rings is 3. The third-order valence-corrected chi connectivity index (χ3v) is 8.09. The lowest BCUT2D eigenvalue weighted by atomic mass is 9.98. The Bertz CT molecular complexity index is 1350. The second kappa shape index (κ2) is 14.1. The van der Waals surface area contributed by atoms with E-state index < -0.39 is 12.0 Å². The number of carbonyl (C=O) groups excluding carboxylic acids is 3. The van der Waals surface area contributed by atoms with Gasteiger partial charge in [0.15, 0.2) is 0 Å². The number of unbranched alkanes of at least 4 members (excludes halogenated alkanes) is 5. The first-order valence-electron chi connectivity index (χ1n) is 14.9. The number of aryl methyl sites for hydroxylation is 1. The smallest absolute Gasteiger partial charge is 0.328 e. The van der Waals surface area contributed by atoms with Crippen LogP contribution in [0.15, 0.2) is 66.7 Å². The van der Waals surface area contributed by atoms with Gasteiger partial charge in [0.1, 0.15) is 6.04 Å². The first kappa shape index (κ1) is 30.0. The Morgan fingerprint density at radius 3 is 2.20 bits per heavy atom. The van der Waals surface area contributed by atoms with E-state index in [-0.39, 0.29) is 17.9 Å². The topological polar surface area (TPSA) is 75.7 Å². The van der Waals surface area contributed by atoms with Crippen molar-refractivity contribution < 1.29 is 19.1 Å². The van der Waals surface area contributed by atoms with E-state index in [9.17, 15) is 14.4 Å². The van der Waals surface area contributed by atoms with Crippen LogP contribution in [0.2, 0.25) is 0 Å². The number of esters is 1. The summed E-state index contributed by atoms with van der Waals surface area (Å²) in [7, 11) is 1.35. The van der Waals surface area contributed by atoms with Crippen molar-refractivity contribution in [3.05, 3.63) is 89.0 Å². The molecule has 216 valence electrons. The van der Waals surface area contributed by atoms with Gasteiger partial charge in [-0.3, -0.25) is 9.59 Å². The van der Waals surface area contributed by atoms with Crippen molar-refractivity contribution in [1.29, 1.82) is 0 Å². The van der Waals surface area contributed by atoms with Crippen molar-refractivity contribution in [1.82, 2.24) is 4.90 Å². The van der Waals surface area contributed by atoms with Crippen LogP contribution in [-0.2, 0) is 16.0 Å². The Kier molecular flexibility index (Phi) is 10.3. The van der Waals surface area contributed by atoms with Gasteiger partial charge in [-0.15, -0.1) is 0 Å². The van der Waals surface area contributed by atoms with Crippen LogP contribution in [0.25, 0.3) is 11.1 Å². The maximum atomic E-state index is 13.3. The number of amides is 2. The average molecular weight is 555 g/mol. The van der Waals surface area contributed by atoms with Crippen molar-refractivity contribution in [3.63, 3.8) is 0 Å². The van der Waals surface area contributed by atoms with Gasteiger partial charge in [0.2, 0.25) is 0 Å². The summed E-state index contributed by atoms with van der Waals surface area (Å²) < 4.78 is 4.94. The number of hydrogen-bond acceptors (Lipinski definition) is 4. The Hall–Kier alpha value is -3.93. The number of carbonyl (C=O) groups is 3. The third-order valence-electron chi connectivity index (χ3n) is 8.09. The zero-order chi connectivity index (χ0) is 29.4. The van der Waals surface area contributed by atoms with Crippen molar-refractivity contribution in [2.45, 2.75) is 84.2 Å². The molecule has 2 atom stereocenters. The van der Waals surface area contributed by atoms with Gasteiger partial charge in [-0.2, -0.15) is 0 Å². The number of nitrogens with zero attached hydrogens (tertiary/aromatic N) is 1. The van der Waals surface area contributed by atoms with E-state index in [2.05, 4.69) is 24.4 Å². The van der Waals surface area contributed by atoms with Crippen LogP contribution in [0.1, 0.15) is 104 Å². The number of nitrogens with one attached hydrogen (secondary N) is 1. The molecule has 0 unspecified atom stereocenters. The highest BCUT2D eigenvalue weighted by Crippen LogP contribution is 2.38. The van der Waals surface area contributed by atoms with Crippen LogP contribution in [-0.4, -0.2) is 35.8 Å². The number of methoxy groups -OCH3 is 1. The van der Waals surface area contributed by atoms with Crippen LogP contribution in [0.4, 0.5) is 5.69 Å². The summed E-state index contributed by atoms with van der Waals surface area (Å²) in [5.41, 5.74) is 5.95. The second-order valence-electron chi connectivity index (χ2n) is 10.9. The van der Waals surface area contributed by atoms with Gasteiger partial charge in [-0.25, -0.2) is 4.79 Å². The van der Waals surface area contributed by atoms with E-state index in [1.807, 2.05) is 68.4 Å². The second-order valence-corrected chi connectivity index (χ2v) is 10.9. The molecule has 0 radical (unpaired) electrons. The molecular weight excluding hydrogens is 512 g/mol. The highest BCUT2D eigenvalue weighted by Gasteiger charge is 2.41. The summed E-state index contributed by atoms with van der Waals surface area (Å²) in [5, 5.41) is 2.98. The van der Waals surface area contributed by atoms with Crippen LogP contribution in [0.3, 0.4) is 0 Å². The molecule has 0 bridgehead atoms. The van der Waals surface area contributed by atoms with Crippen molar-refractivity contribution in [2.24, 2.45) is 0 Å². The molecule has 1 aliphatic heterocycles. The summed E-state index contributed by atoms with van der Waals surface area (Å²) >= 11 is 0. The summed E-state index contributed by atoms with van der Waals surface area (Å²) in [6.07, 6.45) is 9.18. The lowest BCUT2D eigenvalue weighted by Crippen LogP contribution is -2.43. The molecule has 41 heavy (non-hydrogen) atoms. The van der Waals surface area contributed by atoms with Crippen LogP contribution >= 0.6 is 0 Å². The molecule has 0 fully saturated rings. The van der Waals surface area contributed by atoms with E-state index in [0.717, 1.165) is 23.1 Å². The van der Waals surface area contributed by atoms with E-state index in [1.165, 1.54) is 51.2 Å². The minimum absolute atomic E-state index is 0.142. The minimum Gasteiger partial charge on any atom is -0.467 e. The quantitative estimate of drug-likeness (QED) is 0.172. The zero-order valence-corrected chi connectivity index (χ0v) is 24.7. The van der Waals surface area contributed by atoms with Crippen LogP contribution in [0.5, 0.6) is 0 Å². The Morgan fingerprint density at radius 2 is 1.54 bits per heavy atom. The number of hydrogen-bond donors (Lipinski definition) is 1. The molecule has 0 aliphatic carbocycles. The lowest BCUT2D eigenvalue weighted by molar-refractivity contribution is -0.146. The van der Waals surface area contributed by atoms with Crippen molar-refractivity contribution >= 4 is 23.5 Å². The monoisotopic (exact) mass is 554 g/mol. The van der Waals surface area contributed by atoms with Crippen LogP contribution in [0, 0.1) is 0 Å². The summed E-state index contributed by atoms with van der Waals surface area (Å²) in [6.45, 7) is 6.05. The average Bonchev–Trinajstić information content (AvgIpc) is 3.24. The predicted octanol–water partition coefficient (Wildman–Crippen LogP) is 7.98. The Morgan fingerprint density at radius 1 is 0.878 bits per heavy atom. The summed E-state index contributed by atoms with van der Waals surface area (Å²) in [4.78, 5) is 40.1. The molecular formula is C35H42N2O4. The van der Waals surface area contributed by atoms with E-state index >= 15 is 0 Å². The number of anilines is 1. The Labute approximate surface area is 244 Å². The van der Waals surface area contributed by atoms with Gasteiger partial charge >= 0.3 is 5.97 Å². The molecule has 0 saturated heterocycles. The van der Waals surface area contributed by atoms with Gasteiger partial charge in [-0.05, 0) is 78.8 Å². The van der Waals surface area contributed by atoms with E-state index in [1.54, 1.807) is 4.90 Å². The molecule has 2 amide bonds. The summed E-state index contributed by atoms with van der Waals surface area (Å²) in [5.74, 6) is -0.701. The standard InChI is InChI=1S/C35H42N2O4/c1-5-7-8-9-10-11-12-25-13-15-27(16-14-25)33(38)36-29-20-17-26(18-21-29)28-19-22-30-24(3)37(34(39)31(30)23-28)32(6-2)35(40)41-4/h13-24,32H,5-12H2,1-4H3,(H,36,38)/t24-,32-/m0/s1. The fourth-order valence-corrected chi connectivity index (χ4v) is 5.66. The normalized spacial score (nSPS) is 15.0. The highest BCUT2D eigenvalue weighted by atomic mass is 16.5. The van der Waals surface area contributed by atoms with E-state index in [0.29, 0.717) is 23.2 Å². The molecule has 1 heterocycles. The number of ether oxygens (including phenoxy) is 1. The molecule has 6 nitrogen and oxygen atoms in total. The van der Waals surface area contributed by atoms with Gasteiger partial charge in [0.05, 0.1) is 13.2 Å². The molecule has 0 spiro atoms. The molecule has 1 N–H and O–H groups in total. The number of rotatable bonds is 13. The number of fused-ring (bicyclic) bond motifs is 1. The maximum Gasteiger partial charge on any atom is 0.328 e. The first-order valence-corrected chi connectivity index (χ1v) is 14.9. The predicted molar refractivity (Wildman–Crippen MR) is 164 cm³/mol. The highest BCUT2D eigenvalue weighted by molar-refractivity contribution is 6.04. The molecule has 4 rings (SSSR count). The van der Waals surface area contributed by atoms with Crippen molar-refractivity contribution in [3.8, 4) is 11.1 Å². The molecule has 3 aromatic rings. The third kappa shape index (κ3) is 7.05. The molecule has 0 aromatic heterocycles. The maximum absolute atomic E-state index is 13.3. The zero-order valence-electron chi connectivity index (χ0n) is 24.7.